The average Bonchev–Trinajstić information content (AvgIpc) is 3.19. The summed E-state index contributed by atoms with van der Waals surface area (Å²) in [5.74, 6) is 1.11. The molecule has 0 aliphatic rings. The van der Waals surface area contributed by atoms with Crippen molar-refractivity contribution in [2.75, 3.05) is 7.05 Å². The molecule has 0 aliphatic carbocycles. The molecule has 2 aromatic carbocycles. The summed E-state index contributed by atoms with van der Waals surface area (Å²) < 4.78 is 0. The molecule has 54 heavy (non-hydrogen) atoms. The van der Waals surface area contributed by atoms with Crippen LogP contribution in [-0.4, -0.2) is 29.9 Å². The minimum absolute atomic E-state index is 0.539. The molecule has 0 saturated carbocycles. The van der Waals surface area contributed by atoms with E-state index in [1.807, 2.05) is 118 Å². The van der Waals surface area contributed by atoms with Gasteiger partial charge in [0.2, 0.25) is 0 Å². The summed E-state index contributed by atoms with van der Waals surface area (Å²) >= 11 is 0. The number of hydrogen-bond acceptors (Lipinski definition) is 2. The van der Waals surface area contributed by atoms with Crippen LogP contribution in [0, 0.1) is 0 Å². The van der Waals surface area contributed by atoms with Gasteiger partial charge in [-0.2, -0.15) is 0 Å². The molecule has 0 atom stereocenters. The van der Waals surface area contributed by atoms with Crippen LogP contribution in [0.5, 0.6) is 0 Å². The molecule has 4 nitrogen and oxygen atoms in total. The maximum Gasteiger partial charge on any atom is 0.161 e. The van der Waals surface area contributed by atoms with Crippen molar-refractivity contribution in [3.63, 3.8) is 0 Å². The second kappa shape index (κ2) is 23.3. The van der Waals surface area contributed by atoms with Crippen molar-refractivity contribution in [2.24, 2.45) is 15.0 Å². The topological polar surface area (TPSA) is 50.0 Å². The lowest BCUT2D eigenvalue weighted by atomic mass is 10.0. The van der Waals surface area contributed by atoms with Crippen molar-refractivity contribution in [3.8, 4) is 0 Å². The van der Waals surface area contributed by atoms with Crippen LogP contribution in [0.4, 0.5) is 0 Å². The molecule has 0 spiro atoms. The molecule has 0 bridgehead atoms. The molecular formula is C50H54N4. The van der Waals surface area contributed by atoms with E-state index in [9.17, 15) is 0 Å². The Morgan fingerprint density at radius 1 is 0.741 bits per heavy atom. The van der Waals surface area contributed by atoms with E-state index in [4.69, 9.17) is 9.98 Å². The lowest BCUT2D eigenvalue weighted by Gasteiger charge is -2.08. The van der Waals surface area contributed by atoms with Gasteiger partial charge >= 0.3 is 0 Å². The van der Waals surface area contributed by atoms with E-state index in [2.05, 4.69) is 105 Å². The van der Waals surface area contributed by atoms with Gasteiger partial charge in [-0.1, -0.05) is 164 Å². The Morgan fingerprint density at radius 3 is 2.11 bits per heavy atom. The summed E-state index contributed by atoms with van der Waals surface area (Å²) in [6, 6.07) is 20.5. The molecule has 0 aliphatic heterocycles. The van der Waals surface area contributed by atoms with Crippen LogP contribution < -0.4 is 0 Å². The van der Waals surface area contributed by atoms with E-state index in [0.717, 1.165) is 50.2 Å². The third-order valence-electron chi connectivity index (χ3n) is 8.29. The standard InChI is InChI=1S/C50H54N4/c1-10-14-17-21-40(7)44-30-32-47(33-31-44)49(51-9)54-50(53-37-43-27-25-42(26-28-43)36-41(8)39(6)20-15-11-2)46(19-13-4)29-24-38(5)35-48-45(22-16-12-3)23-18-34-52-48/h10-34,36-37H,3,7,35H2,1-2,4-6,8-9H3/b14-10-,15-11-,19-13-,21-17-,22-16-,38-24+,39-20-,41-36+,46-29+,51-49?,53-37?,54-50?. The lowest BCUT2D eigenvalue weighted by molar-refractivity contribution is 1.04. The Morgan fingerprint density at radius 2 is 1.44 bits per heavy atom. The van der Waals surface area contributed by atoms with Crippen molar-refractivity contribution in [2.45, 2.75) is 48.0 Å². The van der Waals surface area contributed by atoms with Gasteiger partial charge in [-0.25, -0.2) is 9.98 Å². The summed E-state index contributed by atoms with van der Waals surface area (Å²) in [5.41, 5.74) is 11.4. The van der Waals surface area contributed by atoms with Gasteiger partial charge in [-0.15, -0.1) is 0 Å². The maximum absolute atomic E-state index is 5.07. The predicted octanol–water partition coefficient (Wildman–Crippen LogP) is 12.9. The Hall–Kier alpha value is -6.26. The first kappa shape index (κ1) is 42.2. The van der Waals surface area contributed by atoms with Crippen LogP contribution in [0.1, 0.15) is 75.1 Å². The highest BCUT2D eigenvalue weighted by Crippen LogP contribution is 2.19. The molecule has 1 aromatic heterocycles. The minimum atomic E-state index is 0.539. The maximum atomic E-state index is 5.07. The summed E-state index contributed by atoms with van der Waals surface area (Å²) in [7, 11) is 1.75. The fourth-order valence-electron chi connectivity index (χ4n) is 5.14. The molecule has 0 fully saturated rings. The third-order valence-corrected chi connectivity index (χ3v) is 8.29. The molecule has 0 radical (unpaired) electrons. The number of benzene rings is 2. The summed E-state index contributed by atoms with van der Waals surface area (Å²) in [6.07, 6.45) is 34.7. The van der Waals surface area contributed by atoms with Gasteiger partial charge in [-0.3, -0.25) is 9.98 Å². The first-order valence-electron chi connectivity index (χ1n) is 18.2. The second-order valence-electron chi connectivity index (χ2n) is 12.5. The van der Waals surface area contributed by atoms with Gasteiger partial charge in [0, 0.05) is 37.0 Å². The molecule has 1 heterocycles. The molecule has 3 aromatic rings. The van der Waals surface area contributed by atoms with Crippen LogP contribution in [0.3, 0.4) is 0 Å². The predicted molar refractivity (Wildman–Crippen MR) is 239 cm³/mol. The summed E-state index contributed by atoms with van der Waals surface area (Å²) in [4.78, 5) is 19.3. The highest BCUT2D eigenvalue weighted by molar-refractivity contribution is 6.15. The molecule has 0 unspecified atom stereocenters. The van der Waals surface area contributed by atoms with E-state index in [-0.39, 0.29) is 0 Å². The van der Waals surface area contributed by atoms with Crippen molar-refractivity contribution in [1.29, 1.82) is 0 Å². The van der Waals surface area contributed by atoms with Crippen LogP contribution >= 0.6 is 0 Å². The SMILES string of the molecule is C=C/C=C\c1cccnc1C/C(C)=C/C=C(\C=C/C)C(N=Cc1ccc(/C=C(C)/C(C)=C\C=C/C)cc1)=NC(=NC)c1ccc(C(=C)/C=C\C=C/C)cc1. The lowest BCUT2D eigenvalue weighted by Crippen LogP contribution is -2.06. The van der Waals surface area contributed by atoms with E-state index in [1.165, 1.54) is 11.1 Å². The minimum Gasteiger partial charge on any atom is -0.270 e. The second-order valence-corrected chi connectivity index (χ2v) is 12.5. The molecule has 3 rings (SSSR count). The Kier molecular flexibility index (Phi) is 18.2. The molecule has 4 heteroatoms. The van der Waals surface area contributed by atoms with Crippen molar-refractivity contribution < 1.29 is 0 Å². The highest BCUT2D eigenvalue weighted by Gasteiger charge is 2.09. The van der Waals surface area contributed by atoms with Crippen LogP contribution in [-0.2, 0) is 6.42 Å². The number of rotatable bonds is 15. The molecular weight excluding hydrogens is 657 g/mol. The zero-order valence-corrected chi connectivity index (χ0v) is 33.0. The van der Waals surface area contributed by atoms with E-state index >= 15 is 0 Å². The number of aromatic nitrogens is 1. The number of amidine groups is 2. The van der Waals surface area contributed by atoms with Gasteiger partial charge in [0.05, 0.1) is 5.69 Å². The van der Waals surface area contributed by atoms with Crippen LogP contribution in [0.25, 0.3) is 17.7 Å². The van der Waals surface area contributed by atoms with Gasteiger partial charge in [-0.05, 0) is 86.6 Å². The first-order valence-corrected chi connectivity index (χ1v) is 18.2. The first-order chi connectivity index (χ1) is 26.2. The average molecular weight is 711 g/mol. The van der Waals surface area contributed by atoms with Crippen molar-refractivity contribution >= 4 is 35.6 Å². The molecule has 0 saturated heterocycles. The van der Waals surface area contributed by atoms with Crippen molar-refractivity contribution in [1.82, 2.24) is 4.98 Å². The fourth-order valence-corrected chi connectivity index (χ4v) is 5.14. The van der Waals surface area contributed by atoms with Crippen molar-refractivity contribution in [3.05, 3.63) is 215 Å². The van der Waals surface area contributed by atoms with Gasteiger partial charge in [0.15, 0.2) is 11.7 Å². The number of nitrogens with zero attached hydrogens (tertiary/aromatic N) is 4. The van der Waals surface area contributed by atoms with Crippen LogP contribution in [0.2, 0.25) is 0 Å². The Balaban J connectivity index is 2.06. The number of hydrogen-bond donors (Lipinski definition) is 0. The smallest absolute Gasteiger partial charge is 0.161 e. The fraction of sp³-hybridized carbons (Fsp3) is 0.160. The van der Waals surface area contributed by atoms with E-state index < -0.39 is 0 Å². The Labute approximate surface area is 324 Å². The van der Waals surface area contributed by atoms with Gasteiger partial charge in [0.1, 0.15) is 0 Å². The number of pyridine rings is 1. The van der Waals surface area contributed by atoms with Crippen LogP contribution in [0.15, 0.2) is 196 Å². The zero-order valence-electron chi connectivity index (χ0n) is 33.0. The summed E-state index contributed by atoms with van der Waals surface area (Å²) in [6.45, 7) is 20.4. The third kappa shape index (κ3) is 14.0. The quantitative estimate of drug-likeness (QED) is 0.0880. The van der Waals surface area contributed by atoms with E-state index in [0.29, 0.717) is 18.1 Å². The Bertz CT molecular complexity index is 2100. The summed E-state index contributed by atoms with van der Waals surface area (Å²) in [5, 5.41) is 0. The number of allylic oxidation sites excluding steroid dienone is 16. The molecule has 274 valence electrons. The molecule has 0 amide bonds. The molecule has 0 N–H and O–H groups in total. The normalized spacial score (nSPS) is 14.3. The number of aliphatic imine (C=N–C) groups is 3. The van der Waals surface area contributed by atoms with Gasteiger partial charge < -0.3 is 0 Å². The zero-order chi connectivity index (χ0) is 39.1. The monoisotopic (exact) mass is 710 g/mol. The largest absolute Gasteiger partial charge is 0.270 e. The van der Waals surface area contributed by atoms with Gasteiger partial charge in [0.25, 0.3) is 0 Å². The van der Waals surface area contributed by atoms with E-state index in [1.54, 1.807) is 13.1 Å². The highest BCUT2D eigenvalue weighted by atomic mass is 15.0.